The van der Waals surface area contributed by atoms with Gasteiger partial charge in [-0.15, -0.1) is 0 Å². The molecule has 1 saturated heterocycles. The molecule has 0 aromatic carbocycles. The first-order valence-electron chi connectivity index (χ1n) is 6.87. The van der Waals surface area contributed by atoms with Gasteiger partial charge in [0.2, 0.25) is 0 Å². The molecule has 0 spiro atoms. The van der Waals surface area contributed by atoms with Crippen LogP contribution in [-0.2, 0) is 11.8 Å². The molecule has 1 N–H and O–H groups in total. The van der Waals surface area contributed by atoms with E-state index in [4.69, 9.17) is 0 Å². The van der Waals surface area contributed by atoms with Crippen LogP contribution in [0.1, 0.15) is 41.5 Å². The zero-order chi connectivity index (χ0) is 15.0. The lowest BCUT2D eigenvalue weighted by atomic mass is 9.91. The molecule has 0 bridgehead atoms. The number of carbonyl (C=O) groups is 2. The van der Waals surface area contributed by atoms with Crippen LogP contribution in [0, 0.1) is 19.8 Å². The highest BCUT2D eigenvalue weighted by atomic mass is 16.4. The van der Waals surface area contributed by atoms with Crippen LogP contribution in [0.3, 0.4) is 0 Å². The van der Waals surface area contributed by atoms with E-state index >= 15 is 0 Å². The van der Waals surface area contributed by atoms with Crippen molar-refractivity contribution in [3.8, 4) is 0 Å². The molecular formula is C14H21N3O3. The zero-order valence-corrected chi connectivity index (χ0v) is 12.4. The van der Waals surface area contributed by atoms with Gasteiger partial charge in [0.1, 0.15) is 6.04 Å². The van der Waals surface area contributed by atoms with E-state index in [9.17, 15) is 14.7 Å². The van der Waals surface area contributed by atoms with Gasteiger partial charge in [-0.1, -0.05) is 6.92 Å². The zero-order valence-electron chi connectivity index (χ0n) is 12.4. The molecule has 6 heteroatoms. The molecule has 2 unspecified atom stereocenters. The summed E-state index contributed by atoms with van der Waals surface area (Å²) in [6, 6.07) is -0.731. The van der Waals surface area contributed by atoms with Gasteiger partial charge in [-0.3, -0.25) is 9.48 Å². The monoisotopic (exact) mass is 279 g/mol. The summed E-state index contributed by atoms with van der Waals surface area (Å²) >= 11 is 0. The van der Waals surface area contributed by atoms with Crippen molar-refractivity contribution >= 4 is 11.9 Å². The van der Waals surface area contributed by atoms with E-state index in [1.807, 2.05) is 13.8 Å². The molecule has 0 saturated carbocycles. The van der Waals surface area contributed by atoms with Crippen molar-refractivity contribution in [1.29, 1.82) is 0 Å². The Morgan fingerprint density at radius 1 is 1.35 bits per heavy atom. The molecule has 1 aromatic rings. The van der Waals surface area contributed by atoms with Gasteiger partial charge in [0, 0.05) is 19.3 Å². The van der Waals surface area contributed by atoms with Crippen molar-refractivity contribution in [2.75, 3.05) is 6.54 Å². The summed E-state index contributed by atoms with van der Waals surface area (Å²) in [5.41, 5.74) is 1.96. The second-order valence-electron chi connectivity index (χ2n) is 5.65. The Morgan fingerprint density at radius 3 is 2.50 bits per heavy atom. The summed E-state index contributed by atoms with van der Waals surface area (Å²) in [6.45, 7) is 6.13. The molecule has 0 aliphatic carbocycles. The molecule has 1 aliphatic heterocycles. The number of carbonyl (C=O) groups excluding carboxylic acids is 1. The van der Waals surface area contributed by atoms with Gasteiger partial charge in [0.15, 0.2) is 0 Å². The summed E-state index contributed by atoms with van der Waals surface area (Å²) in [7, 11) is 1.78. The Balaban J connectivity index is 2.33. The number of aryl methyl sites for hydroxylation is 2. The van der Waals surface area contributed by atoms with E-state index in [0.717, 1.165) is 12.1 Å². The number of nitrogens with zero attached hydrogens (tertiary/aromatic N) is 3. The first-order chi connectivity index (χ1) is 9.32. The van der Waals surface area contributed by atoms with Gasteiger partial charge in [0.05, 0.1) is 11.3 Å². The van der Waals surface area contributed by atoms with Crippen molar-refractivity contribution in [3.63, 3.8) is 0 Å². The predicted octanol–water partition coefficient (Wildman–Crippen LogP) is 1.36. The van der Waals surface area contributed by atoms with Gasteiger partial charge in [-0.05, 0) is 32.6 Å². The summed E-state index contributed by atoms with van der Waals surface area (Å²) in [5, 5.41) is 13.6. The predicted molar refractivity (Wildman–Crippen MR) is 73.5 cm³/mol. The maximum Gasteiger partial charge on any atom is 0.326 e. The number of piperidine rings is 1. The Bertz CT molecular complexity index is 550. The van der Waals surface area contributed by atoms with Crippen LogP contribution in [0.4, 0.5) is 0 Å². The third-order valence-corrected chi connectivity index (χ3v) is 4.13. The van der Waals surface area contributed by atoms with Gasteiger partial charge < -0.3 is 10.0 Å². The summed E-state index contributed by atoms with van der Waals surface area (Å²) in [4.78, 5) is 25.6. The van der Waals surface area contributed by atoms with Crippen LogP contribution in [0.2, 0.25) is 0 Å². The third kappa shape index (κ3) is 2.42. The van der Waals surface area contributed by atoms with Crippen molar-refractivity contribution in [3.05, 3.63) is 17.0 Å². The first kappa shape index (κ1) is 14.6. The number of amides is 1. The van der Waals surface area contributed by atoms with Crippen molar-refractivity contribution in [2.45, 2.75) is 39.7 Å². The molecule has 1 fully saturated rings. The minimum absolute atomic E-state index is 0.215. The largest absolute Gasteiger partial charge is 0.480 e. The molecule has 20 heavy (non-hydrogen) atoms. The van der Waals surface area contributed by atoms with E-state index in [-0.39, 0.29) is 5.91 Å². The number of likely N-dealkylation sites (tertiary alicyclic amines) is 1. The number of aromatic nitrogens is 2. The van der Waals surface area contributed by atoms with Gasteiger partial charge in [-0.25, -0.2) is 4.79 Å². The second kappa shape index (κ2) is 5.26. The molecule has 0 radical (unpaired) electrons. The fourth-order valence-electron chi connectivity index (χ4n) is 2.85. The minimum Gasteiger partial charge on any atom is -0.480 e. The van der Waals surface area contributed by atoms with Crippen LogP contribution in [0.25, 0.3) is 0 Å². The summed E-state index contributed by atoms with van der Waals surface area (Å²) in [6.07, 6.45) is 1.35. The Labute approximate surface area is 118 Å². The van der Waals surface area contributed by atoms with Crippen molar-refractivity contribution in [1.82, 2.24) is 14.7 Å². The Kier molecular flexibility index (Phi) is 3.83. The number of carboxylic acids is 1. The average molecular weight is 279 g/mol. The molecule has 1 aliphatic rings. The van der Waals surface area contributed by atoms with Gasteiger partial charge in [0.25, 0.3) is 5.91 Å². The second-order valence-corrected chi connectivity index (χ2v) is 5.65. The van der Waals surface area contributed by atoms with E-state index in [0.29, 0.717) is 30.1 Å². The van der Waals surface area contributed by atoms with E-state index in [2.05, 4.69) is 5.10 Å². The lowest BCUT2D eigenvalue weighted by Crippen LogP contribution is -2.50. The number of hydrogen-bond acceptors (Lipinski definition) is 3. The molecule has 1 amide bonds. The lowest BCUT2D eigenvalue weighted by molar-refractivity contribution is -0.144. The Morgan fingerprint density at radius 2 is 2.00 bits per heavy atom. The number of aliphatic carboxylic acids is 1. The third-order valence-electron chi connectivity index (χ3n) is 4.13. The Hall–Kier alpha value is -1.85. The smallest absolute Gasteiger partial charge is 0.326 e. The normalized spacial score (nSPS) is 22.9. The van der Waals surface area contributed by atoms with Crippen molar-refractivity contribution < 1.29 is 14.7 Å². The molecular weight excluding hydrogens is 258 g/mol. The van der Waals surface area contributed by atoms with Crippen molar-refractivity contribution in [2.24, 2.45) is 13.0 Å². The number of carboxylic acid groups (broad SMARTS) is 1. The first-order valence-corrected chi connectivity index (χ1v) is 6.87. The summed E-state index contributed by atoms with van der Waals surface area (Å²) < 4.78 is 1.66. The minimum atomic E-state index is -0.927. The molecule has 110 valence electrons. The SMILES string of the molecule is Cc1nn(C)c(C)c1C(=O)N1CCC(C)CC1C(=O)O. The van der Waals surface area contributed by atoms with Crippen LogP contribution >= 0.6 is 0 Å². The maximum atomic E-state index is 12.7. The topological polar surface area (TPSA) is 75.4 Å². The van der Waals surface area contributed by atoms with Crippen LogP contribution in [-0.4, -0.2) is 44.3 Å². The highest BCUT2D eigenvalue weighted by molar-refractivity contribution is 5.98. The molecule has 1 aromatic heterocycles. The number of rotatable bonds is 2. The standard InChI is InChI=1S/C14H21N3O3/c1-8-5-6-17(11(7-8)14(19)20)13(18)12-9(2)15-16(4)10(12)3/h8,11H,5-7H2,1-4H3,(H,19,20). The van der Waals surface area contributed by atoms with Gasteiger partial charge in [-0.2, -0.15) is 5.10 Å². The molecule has 2 rings (SSSR count). The molecule has 2 atom stereocenters. The lowest BCUT2D eigenvalue weighted by Gasteiger charge is -2.36. The average Bonchev–Trinajstić information content (AvgIpc) is 2.62. The van der Waals surface area contributed by atoms with Crippen LogP contribution in [0.5, 0.6) is 0 Å². The summed E-state index contributed by atoms with van der Waals surface area (Å²) in [5.74, 6) is -0.812. The highest BCUT2D eigenvalue weighted by Gasteiger charge is 2.36. The van der Waals surface area contributed by atoms with Crippen LogP contribution < -0.4 is 0 Å². The van der Waals surface area contributed by atoms with Gasteiger partial charge >= 0.3 is 5.97 Å². The van der Waals surface area contributed by atoms with E-state index in [1.165, 1.54) is 4.90 Å². The quantitative estimate of drug-likeness (QED) is 0.887. The van der Waals surface area contributed by atoms with E-state index in [1.54, 1.807) is 18.7 Å². The fourth-order valence-corrected chi connectivity index (χ4v) is 2.85. The molecule has 2 heterocycles. The highest BCUT2D eigenvalue weighted by Crippen LogP contribution is 2.26. The fraction of sp³-hybridized carbons (Fsp3) is 0.643. The molecule has 6 nitrogen and oxygen atoms in total. The van der Waals surface area contributed by atoms with Crippen LogP contribution in [0.15, 0.2) is 0 Å². The maximum absolute atomic E-state index is 12.7. The van der Waals surface area contributed by atoms with E-state index < -0.39 is 12.0 Å². The number of hydrogen-bond donors (Lipinski definition) is 1.